The first-order valence-electron chi connectivity index (χ1n) is 5.09. The molecule has 0 radical (unpaired) electrons. The third kappa shape index (κ3) is 3.67. The summed E-state index contributed by atoms with van der Waals surface area (Å²) in [6, 6.07) is 1.32. The molecule has 0 aliphatic carbocycles. The largest absolute Gasteiger partial charge is 0.416 e. The third-order valence-corrected chi connectivity index (χ3v) is 2.40. The highest BCUT2D eigenvalue weighted by Gasteiger charge is 2.31. The highest BCUT2D eigenvalue weighted by molar-refractivity contribution is 5.29. The first kappa shape index (κ1) is 13.9. The van der Waals surface area contributed by atoms with Crippen LogP contribution in [0.5, 0.6) is 0 Å². The molecule has 2 nitrogen and oxygen atoms in total. The summed E-state index contributed by atoms with van der Waals surface area (Å²) in [5, 5.41) is 8.59. The van der Waals surface area contributed by atoms with Crippen LogP contribution in [0.3, 0.4) is 0 Å². The first-order valence-corrected chi connectivity index (χ1v) is 5.09. The molecule has 0 aliphatic rings. The number of nitrogens with two attached hydrogens (primary N) is 1. The van der Waals surface area contributed by atoms with Crippen molar-refractivity contribution in [2.75, 3.05) is 6.61 Å². The molecule has 0 bridgehead atoms. The molecule has 0 aromatic heterocycles. The number of aliphatic hydroxyl groups is 1. The van der Waals surface area contributed by atoms with Crippen LogP contribution in [0.2, 0.25) is 0 Å². The van der Waals surface area contributed by atoms with Gasteiger partial charge in [0.1, 0.15) is 5.82 Å². The van der Waals surface area contributed by atoms with Gasteiger partial charge in [-0.1, -0.05) is 0 Å². The van der Waals surface area contributed by atoms with Crippen LogP contribution in [0.1, 0.15) is 30.0 Å². The lowest BCUT2D eigenvalue weighted by molar-refractivity contribution is -0.137. The topological polar surface area (TPSA) is 46.2 Å². The van der Waals surface area contributed by atoms with Gasteiger partial charge in [-0.05, 0) is 31.0 Å². The Kier molecular flexibility index (Phi) is 4.47. The maximum Gasteiger partial charge on any atom is 0.416 e. The lowest BCUT2D eigenvalue weighted by Gasteiger charge is -2.15. The maximum atomic E-state index is 13.3. The molecule has 3 N–H and O–H groups in total. The Balaban J connectivity index is 2.98. The van der Waals surface area contributed by atoms with E-state index in [9.17, 15) is 17.6 Å². The van der Waals surface area contributed by atoms with Crippen molar-refractivity contribution in [3.05, 3.63) is 35.1 Å². The molecule has 6 heteroatoms. The van der Waals surface area contributed by atoms with Crippen LogP contribution < -0.4 is 5.73 Å². The molecule has 0 spiro atoms. The van der Waals surface area contributed by atoms with Crippen LogP contribution >= 0.6 is 0 Å². The summed E-state index contributed by atoms with van der Waals surface area (Å²) in [7, 11) is 0. The molecular weight excluding hydrogens is 238 g/mol. The fourth-order valence-electron chi connectivity index (χ4n) is 1.47. The number of aliphatic hydroxyl groups excluding tert-OH is 1. The van der Waals surface area contributed by atoms with Crippen molar-refractivity contribution in [1.82, 2.24) is 0 Å². The number of benzene rings is 1. The molecule has 1 rings (SSSR count). The Labute approximate surface area is 96.1 Å². The Hall–Kier alpha value is -1.14. The zero-order chi connectivity index (χ0) is 13.1. The van der Waals surface area contributed by atoms with Crippen molar-refractivity contribution < 1.29 is 22.7 Å². The molecule has 0 unspecified atom stereocenters. The van der Waals surface area contributed by atoms with E-state index in [1.54, 1.807) is 0 Å². The molecule has 96 valence electrons. The van der Waals surface area contributed by atoms with Gasteiger partial charge in [-0.3, -0.25) is 0 Å². The van der Waals surface area contributed by atoms with Crippen LogP contribution in [0.4, 0.5) is 17.6 Å². The number of hydrogen-bond acceptors (Lipinski definition) is 2. The Morgan fingerprint density at radius 3 is 2.47 bits per heavy atom. The summed E-state index contributed by atoms with van der Waals surface area (Å²) in [5.41, 5.74) is 4.48. The first-order chi connectivity index (χ1) is 7.86. The smallest absolute Gasteiger partial charge is 0.396 e. The minimum absolute atomic E-state index is 0.131. The lowest BCUT2D eigenvalue weighted by Crippen LogP contribution is -2.15. The minimum atomic E-state index is -4.51. The molecule has 1 aromatic rings. The average Bonchev–Trinajstić information content (AvgIpc) is 2.24. The van der Waals surface area contributed by atoms with Crippen LogP contribution in [-0.4, -0.2) is 11.7 Å². The summed E-state index contributed by atoms with van der Waals surface area (Å²) < 4.78 is 50.6. The monoisotopic (exact) mass is 251 g/mol. The van der Waals surface area contributed by atoms with Crippen LogP contribution in [0.25, 0.3) is 0 Å². The highest BCUT2D eigenvalue weighted by Crippen LogP contribution is 2.32. The maximum absolute atomic E-state index is 13.3. The van der Waals surface area contributed by atoms with Gasteiger partial charge in [-0.15, -0.1) is 0 Å². The van der Waals surface area contributed by atoms with E-state index in [1.165, 1.54) is 0 Å². The molecule has 0 aliphatic heterocycles. The van der Waals surface area contributed by atoms with Crippen molar-refractivity contribution in [3.63, 3.8) is 0 Å². The summed E-state index contributed by atoms with van der Waals surface area (Å²) in [6.07, 6.45) is -3.97. The SMILES string of the molecule is N[C@@H](CCCO)c1cc(C(F)(F)F)ccc1F. The Morgan fingerprint density at radius 1 is 1.29 bits per heavy atom. The molecule has 1 atom stereocenters. The number of alkyl halides is 3. The van der Waals surface area contributed by atoms with Gasteiger partial charge in [0.25, 0.3) is 0 Å². The standard InChI is InChI=1S/C11H13F4NO/c12-9-4-3-7(11(13,14)15)6-8(9)10(16)2-1-5-17/h3-4,6,10,17H,1-2,5,16H2/t10-/m0/s1. The zero-order valence-electron chi connectivity index (χ0n) is 8.97. The van der Waals surface area contributed by atoms with Crippen molar-refractivity contribution in [2.24, 2.45) is 5.73 Å². The van der Waals surface area contributed by atoms with E-state index in [4.69, 9.17) is 10.8 Å². The van der Waals surface area contributed by atoms with Gasteiger partial charge in [0, 0.05) is 18.2 Å². The fraction of sp³-hybridized carbons (Fsp3) is 0.455. The molecule has 0 amide bonds. The van der Waals surface area contributed by atoms with E-state index in [0.29, 0.717) is 12.5 Å². The predicted octanol–water partition coefficient (Wildman–Crippen LogP) is 2.62. The van der Waals surface area contributed by atoms with Gasteiger partial charge >= 0.3 is 6.18 Å². The van der Waals surface area contributed by atoms with Crippen molar-refractivity contribution >= 4 is 0 Å². The Morgan fingerprint density at radius 2 is 1.94 bits per heavy atom. The average molecular weight is 251 g/mol. The fourth-order valence-corrected chi connectivity index (χ4v) is 1.47. The van der Waals surface area contributed by atoms with Crippen LogP contribution in [0, 0.1) is 5.82 Å². The lowest BCUT2D eigenvalue weighted by atomic mass is 10.00. The summed E-state index contributed by atoms with van der Waals surface area (Å²) in [4.78, 5) is 0. The summed E-state index contributed by atoms with van der Waals surface area (Å²) in [6.45, 7) is -0.131. The van der Waals surface area contributed by atoms with E-state index in [-0.39, 0.29) is 18.6 Å². The van der Waals surface area contributed by atoms with E-state index in [2.05, 4.69) is 0 Å². The van der Waals surface area contributed by atoms with Crippen molar-refractivity contribution in [1.29, 1.82) is 0 Å². The molecule has 17 heavy (non-hydrogen) atoms. The number of hydrogen-bond donors (Lipinski definition) is 2. The van der Waals surface area contributed by atoms with Crippen LogP contribution in [-0.2, 0) is 6.18 Å². The second-order valence-corrected chi connectivity index (χ2v) is 3.71. The second-order valence-electron chi connectivity index (χ2n) is 3.71. The van der Waals surface area contributed by atoms with E-state index in [1.807, 2.05) is 0 Å². The summed E-state index contributed by atoms with van der Waals surface area (Å²) >= 11 is 0. The Bertz CT molecular complexity index is 378. The van der Waals surface area contributed by atoms with Crippen molar-refractivity contribution in [2.45, 2.75) is 25.1 Å². The van der Waals surface area contributed by atoms with Crippen LogP contribution in [0.15, 0.2) is 18.2 Å². The van der Waals surface area contributed by atoms with E-state index < -0.39 is 23.6 Å². The van der Waals surface area contributed by atoms with E-state index >= 15 is 0 Å². The molecular formula is C11H13F4NO. The molecule has 0 fully saturated rings. The second kappa shape index (κ2) is 5.46. The molecule has 0 saturated carbocycles. The van der Waals surface area contributed by atoms with E-state index in [0.717, 1.165) is 12.1 Å². The van der Waals surface area contributed by atoms with Gasteiger partial charge in [-0.2, -0.15) is 13.2 Å². The highest BCUT2D eigenvalue weighted by atomic mass is 19.4. The van der Waals surface area contributed by atoms with Gasteiger partial charge in [-0.25, -0.2) is 4.39 Å². The summed E-state index contributed by atoms with van der Waals surface area (Å²) in [5.74, 6) is -0.761. The van der Waals surface area contributed by atoms with Gasteiger partial charge < -0.3 is 10.8 Å². The number of rotatable bonds is 4. The zero-order valence-corrected chi connectivity index (χ0v) is 8.97. The third-order valence-electron chi connectivity index (χ3n) is 2.40. The van der Waals surface area contributed by atoms with Gasteiger partial charge in [0.2, 0.25) is 0 Å². The number of halogens is 4. The quantitative estimate of drug-likeness (QED) is 0.808. The molecule has 0 heterocycles. The minimum Gasteiger partial charge on any atom is -0.396 e. The van der Waals surface area contributed by atoms with Crippen molar-refractivity contribution in [3.8, 4) is 0 Å². The predicted molar refractivity (Wildman–Crippen MR) is 54.7 cm³/mol. The molecule has 0 saturated heterocycles. The van der Waals surface area contributed by atoms with Gasteiger partial charge in [0.15, 0.2) is 0 Å². The molecule has 1 aromatic carbocycles. The van der Waals surface area contributed by atoms with Gasteiger partial charge in [0.05, 0.1) is 5.56 Å². The normalized spacial score (nSPS) is 13.8.